The molecule has 0 spiro atoms. The van der Waals surface area contributed by atoms with Gasteiger partial charge < -0.3 is 16.0 Å². The molecule has 1 rings (SSSR count). The van der Waals surface area contributed by atoms with Gasteiger partial charge in [-0.2, -0.15) is 0 Å². The molecule has 90 valence electrons. The van der Waals surface area contributed by atoms with Crippen molar-refractivity contribution in [3.8, 4) is 0 Å². The highest BCUT2D eigenvalue weighted by atomic mass is 32.1. The number of hydrogen-bond acceptors (Lipinski definition) is 5. The number of nitrogens with one attached hydrogen (secondary N) is 1. The number of nitrogens with zero attached hydrogens (tertiary/aromatic N) is 2. The monoisotopic (exact) mass is 242 g/mol. The van der Waals surface area contributed by atoms with Crippen molar-refractivity contribution < 1.29 is 4.79 Å². The first-order valence-corrected chi connectivity index (χ1v) is 6.17. The van der Waals surface area contributed by atoms with Gasteiger partial charge in [0.1, 0.15) is 10.7 Å². The molecule has 0 saturated carbocycles. The first-order chi connectivity index (χ1) is 7.60. The quantitative estimate of drug-likeness (QED) is 0.817. The zero-order valence-corrected chi connectivity index (χ0v) is 10.7. The van der Waals surface area contributed by atoms with Crippen LogP contribution < -0.4 is 16.0 Å². The summed E-state index contributed by atoms with van der Waals surface area (Å²) in [4.78, 5) is 18.3. The van der Waals surface area contributed by atoms with Crippen LogP contribution in [0.15, 0.2) is 0 Å². The molecule has 0 fully saturated rings. The van der Waals surface area contributed by atoms with Crippen LogP contribution >= 0.6 is 11.3 Å². The molecular formula is C10H18N4OS. The summed E-state index contributed by atoms with van der Waals surface area (Å²) in [5.41, 5.74) is 5.72. The fourth-order valence-corrected chi connectivity index (χ4v) is 2.21. The minimum atomic E-state index is -0.145. The highest BCUT2D eigenvalue weighted by molar-refractivity contribution is 7.18. The molecule has 1 aromatic heterocycles. The predicted molar refractivity (Wildman–Crippen MR) is 68.1 cm³/mol. The number of hydrogen-bond donors (Lipinski definition) is 2. The number of carbonyl (C=O) groups is 1. The number of thiazole rings is 1. The second-order valence-corrected chi connectivity index (χ2v) is 4.47. The summed E-state index contributed by atoms with van der Waals surface area (Å²) < 4.78 is 0. The molecule has 16 heavy (non-hydrogen) atoms. The maximum Gasteiger partial charge on any atom is 0.265 e. The Labute approximate surface area is 99.7 Å². The molecule has 0 atom stereocenters. The summed E-state index contributed by atoms with van der Waals surface area (Å²) in [6, 6.07) is 0. The van der Waals surface area contributed by atoms with Gasteiger partial charge in [0.15, 0.2) is 5.13 Å². The lowest BCUT2D eigenvalue weighted by molar-refractivity contribution is 0.0960. The Morgan fingerprint density at radius 2 is 2.25 bits per heavy atom. The van der Waals surface area contributed by atoms with Gasteiger partial charge in [0.2, 0.25) is 0 Å². The number of rotatable bonds is 5. The molecule has 0 unspecified atom stereocenters. The third-order valence-electron chi connectivity index (χ3n) is 2.07. The summed E-state index contributed by atoms with van der Waals surface area (Å²) in [6.45, 7) is 5.47. The summed E-state index contributed by atoms with van der Waals surface area (Å²) in [6.07, 6.45) is 1.03. The van der Waals surface area contributed by atoms with E-state index < -0.39 is 0 Å². The Morgan fingerprint density at radius 3 is 2.81 bits per heavy atom. The van der Waals surface area contributed by atoms with Crippen molar-refractivity contribution in [2.75, 3.05) is 30.8 Å². The van der Waals surface area contributed by atoms with Crippen LogP contribution in [-0.2, 0) is 0 Å². The lowest BCUT2D eigenvalue weighted by atomic mass is 10.4. The van der Waals surface area contributed by atoms with E-state index in [2.05, 4.69) is 17.2 Å². The molecule has 0 aliphatic carbocycles. The number of amides is 1. The van der Waals surface area contributed by atoms with Crippen molar-refractivity contribution in [1.29, 1.82) is 0 Å². The highest BCUT2D eigenvalue weighted by Gasteiger charge is 2.16. The van der Waals surface area contributed by atoms with E-state index in [0.717, 1.165) is 18.1 Å². The van der Waals surface area contributed by atoms with E-state index in [1.54, 1.807) is 0 Å². The molecule has 0 radical (unpaired) electrons. The van der Waals surface area contributed by atoms with E-state index in [4.69, 9.17) is 5.73 Å². The van der Waals surface area contributed by atoms with Crippen molar-refractivity contribution in [3.05, 3.63) is 4.88 Å². The molecule has 6 heteroatoms. The van der Waals surface area contributed by atoms with Gasteiger partial charge in [-0.05, 0) is 13.3 Å². The standard InChI is InChI=1S/C10H18N4OS/c1-4-6-14(3)10-13-8(11)7(16-10)9(15)12-5-2/h4-6,11H2,1-3H3,(H,12,15). The van der Waals surface area contributed by atoms with Crippen LogP contribution in [0.5, 0.6) is 0 Å². The van der Waals surface area contributed by atoms with Gasteiger partial charge in [-0.25, -0.2) is 4.98 Å². The molecule has 5 nitrogen and oxygen atoms in total. The Kier molecular flexibility index (Phi) is 4.54. The van der Waals surface area contributed by atoms with Crippen molar-refractivity contribution in [2.24, 2.45) is 0 Å². The van der Waals surface area contributed by atoms with Gasteiger partial charge in [-0.3, -0.25) is 4.79 Å². The van der Waals surface area contributed by atoms with Gasteiger partial charge in [-0.15, -0.1) is 0 Å². The Morgan fingerprint density at radius 1 is 1.56 bits per heavy atom. The van der Waals surface area contributed by atoms with Crippen LogP contribution in [0.4, 0.5) is 10.9 Å². The molecule has 1 aromatic rings. The second kappa shape index (κ2) is 5.69. The summed E-state index contributed by atoms with van der Waals surface area (Å²) in [7, 11) is 1.95. The molecule has 0 saturated heterocycles. The minimum Gasteiger partial charge on any atom is -0.382 e. The first kappa shape index (κ1) is 12.8. The Balaban J connectivity index is 2.84. The number of carbonyl (C=O) groups excluding carboxylic acids is 1. The molecule has 0 aliphatic heterocycles. The summed E-state index contributed by atoms with van der Waals surface area (Å²) >= 11 is 1.33. The average Bonchev–Trinajstić information content (AvgIpc) is 2.61. The van der Waals surface area contributed by atoms with Crippen LogP contribution in [0.25, 0.3) is 0 Å². The predicted octanol–water partition coefficient (Wildman–Crippen LogP) is 1.32. The van der Waals surface area contributed by atoms with Crippen LogP contribution in [0.2, 0.25) is 0 Å². The topological polar surface area (TPSA) is 71.2 Å². The van der Waals surface area contributed by atoms with E-state index in [9.17, 15) is 4.79 Å². The maximum atomic E-state index is 11.6. The van der Waals surface area contributed by atoms with Gasteiger partial charge in [0.05, 0.1) is 0 Å². The third kappa shape index (κ3) is 2.85. The maximum absolute atomic E-state index is 11.6. The SMILES string of the molecule is CCCN(C)c1nc(N)c(C(=O)NCC)s1. The normalized spacial score (nSPS) is 10.2. The summed E-state index contributed by atoms with van der Waals surface area (Å²) in [5.74, 6) is 0.169. The summed E-state index contributed by atoms with van der Waals surface area (Å²) in [5, 5.41) is 3.51. The molecular weight excluding hydrogens is 224 g/mol. The molecule has 0 aliphatic rings. The second-order valence-electron chi connectivity index (χ2n) is 3.49. The van der Waals surface area contributed by atoms with E-state index in [0.29, 0.717) is 17.2 Å². The molecule has 0 aromatic carbocycles. The fourth-order valence-electron chi connectivity index (χ4n) is 1.32. The molecule has 1 amide bonds. The van der Waals surface area contributed by atoms with Gasteiger partial charge in [-0.1, -0.05) is 18.3 Å². The average molecular weight is 242 g/mol. The zero-order chi connectivity index (χ0) is 12.1. The van der Waals surface area contributed by atoms with Crippen LogP contribution in [-0.4, -0.2) is 31.0 Å². The van der Waals surface area contributed by atoms with Crippen molar-refractivity contribution in [1.82, 2.24) is 10.3 Å². The highest BCUT2D eigenvalue weighted by Crippen LogP contribution is 2.27. The van der Waals surface area contributed by atoms with Crippen LogP contribution in [0.3, 0.4) is 0 Å². The van der Waals surface area contributed by atoms with E-state index >= 15 is 0 Å². The lowest BCUT2D eigenvalue weighted by Crippen LogP contribution is -2.22. The number of nitrogen functional groups attached to an aromatic ring is 1. The van der Waals surface area contributed by atoms with Gasteiger partial charge >= 0.3 is 0 Å². The van der Waals surface area contributed by atoms with Crippen molar-refractivity contribution in [3.63, 3.8) is 0 Å². The number of nitrogens with two attached hydrogens (primary N) is 1. The number of aromatic nitrogens is 1. The largest absolute Gasteiger partial charge is 0.382 e. The van der Waals surface area contributed by atoms with Crippen molar-refractivity contribution >= 4 is 28.2 Å². The molecule has 3 N–H and O–H groups in total. The van der Waals surface area contributed by atoms with Crippen LogP contribution in [0, 0.1) is 0 Å². The fraction of sp³-hybridized carbons (Fsp3) is 0.600. The lowest BCUT2D eigenvalue weighted by Gasteiger charge is -2.13. The first-order valence-electron chi connectivity index (χ1n) is 5.35. The van der Waals surface area contributed by atoms with Crippen molar-refractivity contribution in [2.45, 2.75) is 20.3 Å². The van der Waals surface area contributed by atoms with Gasteiger partial charge in [0.25, 0.3) is 5.91 Å². The molecule has 1 heterocycles. The van der Waals surface area contributed by atoms with Gasteiger partial charge in [0, 0.05) is 20.1 Å². The zero-order valence-electron chi connectivity index (χ0n) is 9.91. The third-order valence-corrected chi connectivity index (χ3v) is 3.26. The Bertz CT molecular complexity index is 364. The van der Waals surface area contributed by atoms with E-state index in [-0.39, 0.29) is 5.91 Å². The minimum absolute atomic E-state index is 0.145. The number of anilines is 2. The van der Waals surface area contributed by atoms with E-state index in [1.807, 2.05) is 18.9 Å². The smallest absolute Gasteiger partial charge is 0.265 e. The van der Waals surface area contributed by atoms with Crippen LogP contribution in [0.1, 0.15) is 29.9 Å². The Hall–Kier alpha value is -1.30. The molecule has 0 bridgehead atoms. The van der Waals surface area contributed by atoms with E-state index in [1.165, 1.54) is 11.3 Å².